The van der Waals surface area contributed by atoms with Crippen LogP contribution in [0.25, 0.3) is 0 Å². The summed E-state index contributed by atoms with van der Waals surface area (Å²) >= 11 is 0. The van der Waals surface area contributed by atoms with Gasteiger partial charge in [0.05, 0.1) is 30.7 Å². The van der Waals surface area contributed by atoms with Crippen LogP contribution in [0.2, 0.25) is 0 Å². The molecule has 1 aromatic carbocycles. The van der Waals surface area contributed by atoms with Crippen molar-refractivity contribution in [2.75, 3.05) is 13.7 Å². The van der Waals surface area contributed by atoms with Crippen LogP contribution >= 0.6 is 0 Å². The van der Waals surface area contributed by atoms with E-state index in [-0.39, 0.29) is 17.6 Å². The van der Waals surface area contributed by atoms with E-state index < -0.39 is 0 Å². The quantitative estimate of drug-likeness (QED) is 0.888. The number of aromatic nitrogens is 2. The van der Waals surface area contributed by atoms with E-state index in [2.05, 4.69) is 15.3 Å². The molecule has 1 aromatic heterocycles. The van der Waals surface area contributed by atoms with Crippen molar-refractivity contribution in [2.45, 2.75) is 26.3 Å². The van der Waals surface area contributed by atoms with E-state index in [1.807, 2.05) is 13.8 Å². The molecule has 112 valence electrons. The molecule has 5 heteroatoms. The van der Waals surface area contributed by atoms with E-state index in [9.17, 15) is 4.39 Å². The fourth-order valence-electron chi connectivity index (χ4n) is 2.20. The highest BCUT2D eigenvalue weighted by molar-refractivity contribution is 5.32. The maximum Gasteiger partial charge on any atom is 0.168 e. The molecular formula is C16H20FN3O. The smallest absolute Gasteiger partial charge is 0.168 e. The zero-order valence-electron chi connectivity index (χ0n) is 12.6. The maximum absolute atomic E-state index is 14.3. The first-order chi connectivity index (χ1) is 10.2. The predicted molar refractivity (Wildman–Crippen MR) is 79.8 cm³/mol. The molecule has 0 aliphatic heterocycles. The Kier molecular flexibility index (Phi) is 5.22. The average molecular weight is 289 g/mol. The number of hydrogen-bond donors (Lipinski definition) is 1. The van der Waals surface area contributed by atoms with Crippen LogP contribution < -0.4 is 10.1 Å². The molecule has 21 heavy (non-hydrogen) atoms. The second-order valence-corrected chi connectivity index (χ2v) is 4.83. The van der Waals surface area contributed by atoms with Gasteiger partial charge < -0.3 is 10.1 Å². The van der Waals surface area contributed by atoms with Crippen molar-refractivity contribution in [3.8, 4) is 5.75 Å². The minimum atomic E-state index is -0.317. The molecule has 0 bridgehead atoms. The van der Waals surface area contributed by atoms with Gasteiger partial charge in [0, 0.05) is 6.20 Å². The number of nitrogens with one attached hydrogen (secondary N) is 1. The van der Waals surface area contributed by atoms with Crippen LogP contribution in [-0.4, -0.2) is 23.6 Å². The van der Waals surface area contributed by atoms with Crippen LogP contribution in [0.3, 0.4) is 0 Å². The molecule has 1 heterocycles. The van der Waals surface area contributed by atoms with Crippen LogP contribution in [0, 0.1) is 12.7 Å². The van der Waals surface area contributed by atoms with E-state index in [1.54, 1.807) is 30.6 Å². The van der Waals surface area contributed by atoms with Gasteiger partial charge in [-0.1, -0.05) is 19.1 Å². The molecule has 0 spiro atoms. The number of aryl methyl sites for hydroxylation is 1. The Balaban J connectivity index is 2.26. The third-order valence-corrected chi connectivity index (χ3v) is 3.30. The minimum absolute atomic E-state index is 0.0790. The summed E-state index contributed by atoms with van der Waals surface area (Å²) in [6, 6.07) is 5.10. The van der Waals surface area contributed by atoms with Gasteiger partial charge in [0.1, 0.15) is 0 Å². The van der Waals surface area contributed by atoms with Gasteiger partial charge >= 0.3 is 0 Å². The van der Waals surface area contributed by atoms with Crippen molar-refractivity contribution in [3.05, 3.63) is 53.4 Å². The van der Waals surface area contributed by atoms with Crippen molar-refractivity contribution >= 4 is 0 Å². The van der Waals surface area contributed by atoms with Crippen molar-refractivity contribution in [2.24, 2.45) is 0 Å². The topological polar surface area (TPSA) is 47.0 Å². The van der Waals surface area contributed by atoms with Gasteiger partial charge in [-0.05, 0) is 31.5 Å². The Bertz CT molecular complexity index is 587. The Hall–Kier alpha value is -2.01. The summed E-state index contributed by atoms with van der Waals surface area (Å²) in [5.74, 6) is -0.0549. The molecule has 2 aromatic rings. The molecule has 0 aliphatic carbocycles. The summed E-state index contributed by atoms with van der Waals surface area (Å²) in [5.41, 5.74) is 2.27. The Labute approximate surface area is 124 Å². The fourth-order valence-corrected chi connectivity index (χ4v) is 2.20. The van der Waals surface area contributed by atoms with Crippen LogP contribution in [-0.2, 0) is 6.42 Å². The number of nitrogens with zero attached hydrogens (tertiary/aromatic N) is 2. The lowest BCUT2D eigenvalue weighted by Crippen LogP contribution is -2.24. The summed E-state index contributed by atoms with van der Waals surface area (Å²) in [5, 5.41) is 3.32. The van der Waals surface area contributed by atoms with Gasteiger partial charge in [0.15, 0.2) is 11.6 Å². The average Bonchev–Trinajstić information content (AvgIpc) is 2.49. The monoisotopic (exact) mass is 289 g/mol. The zero-order valence-corrected chi connectivity index (χ0v) is 12.6. The zero-order chi connectivity index (χ0) is 15.2. The normalized spacial score (nSPS) is 12.2. The van der Waals surface area contributed by atoms with Gasteiger partial charge in [-0.15, -0.1) is 0 Å². The van der Waals surface area contributed by atoms with Crippen molar-refractivity contribution in [3.63, 3.8) is 0 Å². The maximum atomic E-state index is 14.3. The molecule has 1 unspecified atom stereocenters. The molecule has 2 rings (SSSR count). The molecule has 1 N–H and O–H groups in total. The molecule has 4 nitrogen and oxygen atoms in total. The number of rotatable bonds is 6. The highest BCUT2D eigenvalue weighted by atomic mass is 19.1. The lowest BCUT2D eigenvalue weighted by atomic mass is 10.0. The lowest BCUT2D eigenvalue weighted by molar-refractivity contribution is 0.382. The minimum Gasteiger partial charge on any atom is -0.494 e. The van der Waals surface area contributed by atoms with Crippen molar-refractivity contribution in [1.29, 1.82) is 0 Å². The van der Waals surface area contributed by atoms with Gasteiger partial charge in [-0.3, -0.25) is 9.97 Å². The van der Waals surface area contributed by atoms with Gasteiger partial charge in [-0.2, -0.15) is 0 Å². The Morgan fingerprint density at radius 2 is 2.10 bits per heavy atom. The van der Waals surface area contributed by atoms with E-state index >= 15 is 0 Å². The predicted octanol–water partition coefficient (Wildman–Crippen LogP) is 2.83. The lowest BCUT2D eigenvalue weighted by Gasteiger charge is -2.18. The second-order valence-electron chi connectivity index (χ2n) is 4.83. The summed E-state index contributed by atoms with van der Waals surface area (Å²) in [4.78, 5) is 8.65. The highest BCUT2D eigenvalue weighted by Crippen LogP contribution is 2.24. The number of hydrogen-bond acceptors (Lipinski definition) is 4. The van der Waals surface area contributed by atoms with Crippen LogP contribution in [0.1, 0.15) is 29.9 Å². The second kappa shape index (κ2) is 7.13. The van der Waals surface area contributed by atoms with Gasteiger partial charge in [-0.25, -0.2) is 4.39 Å². The van der Waals surface area contributed by atoms with Crippen LogP contribution in [0.4, 0.5) is 4.39 Å². The molecule has 0 radical (unpaired) electrons. The number of likely N-dealkylation sites (N-methyl/N-ethyl adjacent to an activating group) is 1. The largest absolute Gasteiger partial charge is 0.494 e. The number of halogens is 1. The molecular weight excluding hydrogens is 269 g/mol. The first-order valence-electron chi connectivity index (χ1n) is 6.99. The van der Waals surface area contributed by atoms with Crippen LogP contribution in [0.5, 0.6) is 5.75 Å². The van der Waals surface area contributed by atoms with Crippen molar-refractivity contribution in [1.82, 2.24) is 15.3 Å². The Morgan fingerprint density at radius 1 is 1.29 bits per heavy atom. The molecule has 0 saturated carbocycles. The summed E-state index contributed by atoms with van der Waals surface area (Å²) in [7, 11) is 1.47. The van der Waals surface area contributed by atoms with E-state index in [4.69, 9.17) is 4.74 Å². The number of ether oxygens (including phenoxy) is 1. The fraction of sp³-hybridized carbons (Fsp3) is 0.375. The molecule has 0 amide bonds. The number of methoxy groups -OCH3 is 1. The molecule has 0 aliphatic rings. The molecule has 1 atom stereocenters. The Morgan fingerprint density at radius 3 is 2.71 bits per heavy atom. The van der Waals surface area contributed by atoms with Gasteiger partial charge in [0.25, 0.3) is 0 Å². The van der Waals surface area contributed by atoms with Crippen molar-refractivity contribution < 1.29 is 9.13 Å². The summed E-state index contributed by atoms with van der Waals surface area (Å²) in [6.45, 7) is 4.67. The van der Waals surface area contributed by atoms with E-state index in [0.717, 1.165) is 17.9 Å². The first-order valence-corrected chi connectivity index (χ1v) is 6.99. The molecule has 0 fully saturated rings. The SMILES string of the molecule is CCNC(Cc1cccc(OC)c1F)c1cnc(C)cn1. The van der Waals surface area contributed by atoms with E-state index in [0.29, 0.717) is 12.0 Å². The number of benzene rings is 1. The third-order valence-electron chi connectivity index (χ3n) is 3.30. The van der Waals surface area contributed by atoms with E-state index in [1.165, 1.54) is 7.11 Å². The highest BCUT2D eigenvalue weighted by Gasteiger charge is 2.17. The summed E-state index contributed by atoms with van der Waals surface area (Å²) < 4.78 is 19.3. The van der Waals surface area contributed by atoms with Crippen LogP contribution in [0.15, 0.2) is 30.6 Å². The third kappa shape index (κ3) is 3.76. The molecule has 0 saturated heterocycles. The standard InChI is InChI=1S/C16H20FN3O/c1-4-18-13(14-10-19-11(2)9-20-14)8-12-6-5-7-15(21-3)16(12)17/h5-7,9-10,13,18H,4,8H2,1-3H3. The first kappa shape index (κ1) is 15.4. The van der Waals surface area contributed by atoms with Gasteiger partial charge in [0.2, 0.25) is 0 Å². The summed E-state index contributed by atoms with van der Waals surface area (Å²) in [6.07, 6.45) is 3.96.